The van der Waals surface area contributed by atoms with Crippen molar-refractivity contribution in [1.29, 1.82) is 0 Å². The molecule has 0 aliphatic carbocycles. The maximum atomic E-state index is 12.9. The molecule has 142 valence electrons. The number of nitrogens with zero attached hydrogens (tertiary/aromatic N) is 1. The predicted molar refractivity (Wildman–Crippen MR) is 109 cm³/mol. The highest BCUT2D eigenvalue weighted by Crippen LogP contribution is 2.34. The first-order valence-corrected chi connectivity index (χ1v) is 9.43. The molecule has 0 saturated heterocycles. The zero-order valence-corrected chi connectivity index (χ0v) is 17.8. The summed E-state index contributed by atoms with van der Waals surface area (Å²) < 4.78 is 13.0. The second-order valence-corrected chi connectivity index (χ2v) is 8.23. The normalized spacial score (nSPS) is 12.9. The summed E-state index contributed by atoms with van der Waals surface area (Å²) in [5.41, 5.74) is -0.128. The molecular weight excluding hydrogens is 449 g/mol. The Morgan fingerprint density at radius 1 is 1.35 bits per heavy atom. The minimum absolute atomic E-state index is 0.0389. The summed E-state index contributed by atoms with van der Waals surface area (Å²) in [6, 6.07) is 3.12. The summed E-state index contributed by atoms with van der Waals surface area (Å²) in [7, 11) is 1.56. The van der Waals surface area contributed by atoms with Crippen LogP contribution in [0.25, 0.3) is 10.9 Å². The Labute approximate surface area is 166 Å². The van der Waals surface area contributed by atoms with Crippen LogP contribution in [0.15, 0.2) is 23.1 Å². The number of pyridine rings is 1. The van der Waals surface area contributed by atoms with Gasteiger partial charge in [0.2, 0.25) is 5.43 Å². The highest BCUT2D eigenvalue weighted by molar-refractivity contribution is 14.1. The molecule has 26 heavy (non-hydrogen) atoms. The molecule has 0 radical (unpaired) electrons. The summed E-state index contributed by atoms with van der Waals surface area (Å²) in [4.78, 5) is 25.2. The predicted octanol–water partition coefficient (Wildman–Crippen LogP) is 3.37. The molecule has 0 spiro atoms. The van der Waals surface area contributed by atoms with Gasteiger partial charge in [0.25, 0.3) is 0 Å². The largest absolute Gasteiger partial charge is 0.496 e. The average molecular weight is 473 g/mol. The van der Waals surface area contributed by atoms with Gasteiger partial charge in [0.15, 0.2) is 0 Å². The number of carbonyl (C=O) groups excluding carboxylic acids is 1. The van der Waals surface area contributed by atoms with Gasteiger partial charge >= 0.3 is 5.97 Å². The van der Waals surface area contributed by atoms with Gasteiger partial charge in [0.05, 0.1) is 35.5 Å². The van der Waals surface area contributed by atoms with Crippen molar-refractivity contribution in [3.05, 3.63) is 37.7 Å². The summed E-state index contributed by atoms with van der Waals surface area (Å²) in [5.74, 6) is -0.0368. The Morgan fingerprint density at radius 3 is 2.50 bits per heavy atom. The number of esters is 1. The summed E-state index contributed by atoms with van der Waals surface area (Å²) in [6.07, 6.45) is 1.49. The molecular formula is C19H24INO5. The van der Waals surface area contributed by atoms with Crippen LogP contribution in [0.5, 0.6) is 5.75 Å². The molecule has 0 fully saturated rings. The van der Waals surface area contributed by atoms with Crippen molar-refractivity contribution in [2.24, 2.45) is 5.41 Å². The molecule has 1 aromatic heterocycles. The van der Waals surface area contributed by atoms with E-state index in [0.29, 0.717) is 16.7 Å². The third kappa shape index (κ3) is 3.88. The molecule has 0 aliphatic heterocycles. The van der Waals surface area contributed by atoms with Crippen molar-refractivity contribution in [2.45, 2.75) is 33.7 Å². The molecule has 2 rings (SSSR count). The lowest BCUT2D eigenvalue weighted by molar-refractivity contribution is 0.0522. The van der Waals surface area contributed by atoms with Crippen LogP contribution in [-0.2, 0) is 4.74 Å². The van der Waals surface area contributed by atoms with E-state index in [2.05, 4.69) is 22.6 Å². The van der Waals surface area contributed by atoms with Crippen LogP contribution in [0, 0.1) is 8.99 Å². The van der Waals surface area contributed by atoms with Crippen LogP contribution >= 0.6 is 22.6 Å². The van der Waals surface area contributed by atoms with Gasteiger partial charge in [-0.25, -0.2) is 4.79 Å². The Hall–Kier alpha value is -1.61. The third-order valence-corrected chi connectivity index (χ3v) is 5.15. The van der Waals surface area contributed by atoms with E-state index >= 15 is 0 Å². The first-order valence-electron chi connectivity index (χ1n) is 8.36. The Morgan fingerprint density at radius 2 is 2.00 bits per heavy atom. The second kappa shape index (κ2) is 7.96. The van der Waals surface area contributed by atoms with Crippen molar-refractivity contribution in [3.8, 4) is 5.75 Å². The molecule has 1 N–H and O–H groups in total. The number of fused-ring (bicyclic) bond motifs is 1. The lowest BCUT2D eigenvalue weighted by atomic mass is 9.86. The molecule has 0 unspecified atom stereocenters. The number of ether oxygens (including phenoxy) is 2. The maximum Gasteiger partial charge on any atom is 0.343 e. The van der Waals surface area contributed by atoms with Gasteiger partial charge in [-0.05, 0) is 41.0 Å². The third-order valence-electron chi connectivity index (χ3n) is 4.31. The summed E-state index contributed by atoms with van der Waals surface area (Å²) in [5, 5.41) is 10.4. The molecule has 0 bridgehead atoms. The van der Waals surface area contributed by atoms with E-state index in [9.17, 15) is 14.7 Å². The average Bonchev–Trinajstić information content (AvgIpc) is 2.56. The van der Waals surface area contributed by atoms with Gasteiger partial charge in [-0.1, -0.05) is 20.8 Å². The van der Waals surface area contributed by atoms with Crippen molar-refractivity contribution < 1.29 is 19.4 Å². The number of methoxy groups -OCH3 is 1. The number of benzene rings is 1. The maximum absolute atomic E-state index is 12.9. The molecule has 6 nitrogen and oxygen atoms in total. The number of aliphatic hydroxyl groups is 1. The molecule has 1 atom stereocenters. The highest BCUT2D eigenvalue weighted by atomic mass is 127. The first-order chi connectivity index (χ1) is 12.1. The van der Waals surface area contributed by atoms with Gasteiger partial charge in [-0.3, -0.25) is 4.79 Å². The molecule has 1 aromatic carbocycles. The molecule has 7 heteroatoms. The minimum atomic E-state index is -0.662. The standard InChI is InChI=1S/C19H24INO5/c1-6-26-18(24)12-9-21(16(10-22)19(2,3)4)14-8-15(25-5)13(20)7-11(14)17(12)23/h7-9,16,22H,6,10H2,1-5H3/t16-/m1/s1. The Bertz CT molecular complexity index is 882. The van der Waals surface area contributed by atoms with Gasteiger partial charge in [0, 0.05) is 17.6 Å². The second-order valence-electron chi connectivity index (χ2n) is 7.07. The van der Waals surface area contributed by atoms with Gasteiger partial charge in [-0.2, -0.15) is 0 Å². The zero-order chi connectivity index (χ0) is 19.6. The first kappa shape index (κ1) is 20.7. The molecule has 2 aromatic rings. The summed E-state index contributed by atoms with van der Waals surface area (Å²) in [6.45, 7) is 7.71. The Balaban J connectivity index is 2.93. The van der Waals surface area contributed by atoms with Crippen LogP contribution in [-0.4, -0.2) is 36.0 Å². The van der Waals surface area contributed by atoms with E-state index in [1.807, 2.05) is 20.8 Å². The van der Waals surface area contributed by atoms with Crippen LogP contribution in [0.4, 0.5) is 0 Å². The number of hydrogen-bond donors (Lipinski definition) is 1. The van der Waals surface area contributed by atoms with E-state index in [-0.39, 0.29) is 35.7 Å². The van der Waals surface area contributed by atoms with Gasteiger partial charge < -0.3 is 19.1 Å². The van der Waals surface area contributed by atoms with Gasteiger partial charge in [0.1, 0.15) is 11.3 Å². The number of hydrogen-bond acceptors (Lipinski definition) is 5. The van der Waals surface area contributed by atoms with Crippen LogP contribution < -0.4 is 10.2 Å². The fourth-order valence-corrected chi connectivity index (χ4v) is 3.59. The van der Waals surface area contributed by atoms with E-state index in [1.165, 1.54) is 6.20 Å². The number of carbonyl (C=O) groups is 1. The molecule has 1 heterocycles. The van der Waals surface area contributed by atoms with Crippen molar-refractivity contribution in [3.63, 3.8) is 0 Å². The lowest BCUT2D eigenvalue weighted by Gasteiger charge is -2.33. The highest BCUT2D eigenvalue weighted by Gasteiger charge is 2.28. The zero-order valence-electron chi connectivity index (χ0n) is 15.6. The fourth-order valence-electron chi connectivity index (χ4n) is 2.90. The SMILES string of the molecule is CCOC(=O)c1cn([C@H](CO)C(C)(C)C)c2cc(OC)c(I)cc2c1=O. The fraction of sp³-hybridized carbons (Fsp3) is 0.474. The van der Waals surface area contributed by atoms with E-state index < -0.39 is 5.97 Å². The topological polar surface area (TPSA) is 77.8 Å². The van der Waals surface area contributed by atoms with Crippen molar-refractivity contribution >= 4 is 39.5 Å². The minimum Gasteiger partial charge on any atom is -0.496 e. The number of aromatic nitrogens is 1. The summed E-state index contributed by atoms with van der Waals surface area (Å²) >= 11 is 2.09. The molecule has 0 aliphatic rings. The van der Waals surface area contributed by atoms with Crippen LogP contribution in [0.2, 0.25) is 0 Å². The quantitative estimate of drug-likeness (QED) is 0.533. The lowest BCUT2D eigenvalue weighted by Crippen LogP contribution is -2.31. The number of aliphatic hydroxyl groups excluding tert-OH is 1. The molecule has 0 amide bonds. The van der Waals surface area contributed by atoms with Crippen LogP contribution in [0.3, 0.4) is 0 Å². The smallest absolute Gasteiger partial charge is 0.343 e. The van der Waals surface area contributed by atoms with Crippen molar-refractivity contribution in [1.82, 2.24) is 4.57 Å². The van der Waals surface area contributed by atoms with Gasteiger partial charge in [-0.15, -0.1) is 0 Å². The van der Waals surface area contributed by atoms with E-state index in [0.717, 1.165) is 3.57 Å². The number of halogens is 1. The van der Waals surface area contributed by atoms with E-state index in [1.54, 1.807) is 30.7 Å². The van der Waals surface area contributed by atoms with E-state index in [4.69, 9.17) is 9.47 Å². The molecule has 0 saturated carbocycles. The number of rotatable bonds is 5. The van der Waals surface area contributed by atoms with Crippen LogP contribution in [0.1, 0.15) is 44.1 Å². The van der Waals surface area contributed by atoms with Crippen molar-refractivity contribution in [2.75, 3.05) is 20.3 Å². The monoisotopic (exact) mass is 473 g/mol. The Kier molecular flexibility index (Phi) is 6.33.